The number of ether oxygens (including phenoxy) is 1. The molecule has 0 aliphatic carbocycles. The second-order valence-electron chi connectivity index (χ2n) is 3.97. The third-order valence-corrected chi connectivity index (χ3v) is 4.16. The molecule has 84 valence electrons. The van der Waals surface area contributed by atoms with Gasteiger partial charge in [-0.2, -0.15) is 0 Å². The summed E-state index contributed by atoms with van der Waals surface area (Å²) in [5, 5.41) is 3.32. The second-order valence-corrected chi connectivity index (χ2v) is 5.72. The number of nitrogens with one attached hydrogen (secondary N) is 1. The van der Waals surface area contributed by atoms with Crippen LogP contribution in [0.1, 0.15) is 30.7 Å². The van der Waals surface area contributed by atoms with E-state index in [4.69, 9.17) is 16.3 Å². The quantitative estimate of drug-likeness (QED) is 0.883. The lowest BCUT2D eigenvalue weighted by Gasteiger charge is -2.21. The van der Waals surface area contributed by atoms with Gasteiger partial charge in [0.05, 0.1) is 22.6 Å². The van der Waals surface area contributed by atoms with Gasteiger partial charge in [-0.15, -0.1) is 11.3 Å². The van der Waals surface area contributed by atoms with Crippen LogP contribution in [0.5, 0.6) is 0 Å². The van der Waals surface area contributed by atoms with E-state index >= 15 is 0 Å². The molecule has 0 amide bonds. The molecule has 3 unspecified atom stereocenters. The van der Waals surface area contributed by atoms with Gasteiger partial charge in [0.1, 0.15) is 0 Å². The highest BCUT2D eigenvalue weighted by molar-refractivity contribution is 7.16. The highest BCUT2D eigenvalue weighted by atomic mass is 35.5. The van der Waals surface area contributed by atoms with Crippen LogP contribution in [0.4, 0.5) is 0 Å². The number of thiophene rings is 1. The highest BCUT2D eigenvalue weighted by Crippen LogP contribution is 2.34. The second kappa shape index (κ2) is 4.83. The van der Waals surface area contributed by atoms with Gasteiger partial charge in [0.15, 0.2) is 0 Å². The van der Waals surface area contributed by atoms with Crippen LogP contribution in [0, 0.1) is 0 Å². The Morgan fingerprint density at radius 1 is 1.53 bits per heavy atom. The zero-order valence-electron chi connectivity index (χ0n) is 9.00. The Morgan fingerprint density at radius 3 is 2.80 bits per heavy atom. The van der Waals surface area contributed by atoms with Crippen molar-refractivity contribution in [2.24, 2.45) is 0 Å². The summed E-state index contributed by atoms with van der Waals surface area (Å²) < 4.78 is 6.72. The van der Waals surface area contributed by atoms with Crippen LogP contribution < -0.4 is 5.32 Å². The van der Waals surface area contributed by atoms with Crippen LogP contribution in [0.15, 0.2) is 12.1 Å². The Morgan fingerprint density at radius 2 is 2.33 bits per heavy atom. The fourth-order valence-corrected chi connectivity index (χ4v) is 3.31. The van der Waals surface area contributed by atoms with Gasteiger partial charge in [0.2, 0.25) is 0 Å². The first kappa shape index (κ1) is 11.4. The van der Waals surface area contributed by atoms with E-state index < -0.39 is 0 Å². The molecule has 1 aliphatic heterocycles. The number of hydrogen-bond donors (Lipinski definition) is 1. The lowest BCUT2D eigenvalue weighted by Crippen LogP contribution is -2.28. The van der Waals surface area contributed by atoms with Crippen molar-refractivity contribution in [3.8, 4) is 0 Å². The summed E-state index contributed by atoms with van der Waals surface area (Å²) in [5.74, 6) is 0. The highest BCUT2D eigenvalue weighted by Gasteiger charge is 2.30. The molecule has 0 spiro atoms. The van der Waals surface area contributed by atoms with E-state index in [0.29, 0.717) is 12.2 Å². The van der Waals surface area contributed by atoms with Crippen molar-refractivity contribution in [2.75, 3.05) is 7.05 Å². The number of rotatable bonds is 3. The standard InChI is InChI=1S/C11H16ClNOS/c1-7-3-4-8(14-7)11(13-2)9-5-6-10(12)15-9/h5-8,11,13H,3-4H2,1-2H3. The normalized spacial score (nSPS) is 28.2. The predicted molar refractivity (Wildman–Crippen MR) is 64.7 cm³/mol. The van der Waals surface area contributed by atoms with Crippen molar-refractivity contribution in [3.05, 3.63) is 21.3 Å². The first-order valence-electron chi connectivity index (χ1n) is 5.28. The van der Waals surface area contributed by atoms with E-state index in [0.717, 1.165) is 17.2 Å². The van der Waals surface area contributed by atoms with Crippen molar-refractivity contribution in [1.82, 2.24) is 5.32 Å². The average Bonchev–Trinajstić information content (AvgIpc) is 2.78. The van der Waals surface area contributed by atoms with Crippen molar-refractivity contribution in [2.45, 2.75) is 38.0 Å². The fraction of sp³-hybridized carbons (Fsp3) is 0.636. The minimum atomic E-state index is 0.285. The van der Waals surface area contributed by atoms with E-state index in [2.05, 4.69) is 18.3 Å². The van der Waals surface area contributed by atoms with E-state index in [1.165, 1.54) is 4.88 Å². The summed E-state index contributed by atoms with van der Waals surface area (Å²) in [4.78, 5) is 1.27. The van der Waals surface area contributed by atoms with Crippen LogP contribution in [-0.4, -0.2) is 19.3 Å². The molecule has 0 aromatic carbocycles. The van der Waals surface area contributed by atoms with Crippen molar-refractivity contribution in [3.63, 3.8) is 0 Å². The Hall–Kier alpha value is -0.0900. The zero-order chi connectivity index (χ0) is 10.8. The lowest BCUT2D eigenvalue weighted by molar-refractivity contribution is 0.0341. The van der Waals surface area contributed by atoms with Gasteiger partial charge in [-0.05, 0) is 38.9 Å². The molecule has 0 bridgehead atoms. The Bertz CT molecular complexity index is 328. The van der Waals surface area contributed by atoms with E-state index in [1.807, 2.05) is 13.1 Å². The van der Waals surface area contributed by atoms with Crippen LogP contribution in [0.2, 0.25) is 4.34 Å². The molecule has 15 heavy (non-hydrogen) atoms. The first-order chi connectivity index (χ1) is 7.20. The molecule has 1 N–H and O–H groups in total. The number of hydrogen-bond acceptors (Lipinski definition) is 3. The van der Waals surface area contributed by atoms with Crippen LogP contribution in [-0.2, 0) is 4.74 Å². The van der Waals surface area contributed by atoms with Crippen molar-refractivity contribution >= 4 is 22.9 Å². The monoisotopic (exact) mass is 245 g/mol. The van der Waals surface area contributed by atoms with Gasteiger partial charge in [0, 0.05) is 4.88 Å². The fourth-order valence-electron chi connectivity index (χ4n) is 2.09. The van der Waals surface area contributed by atoms with Gasteiger partial charge in [-0.3, -0.25) is 0 Å². The van der Waals surface area contributed by atoms with Gasteiger partial charge >= 0.3 is 0 Å². The molecule has 2 rings (SSSR count). The largest absolute Gasteiger partial charge is 0.373 e. The Kier molecular flexibility index (Phi) is 3.67. The molecule has 2 nitrogen and oxygen atoms in total. The topological polar surface area (TPSA) is 21.3 Å². The molecule has 1 aromatic heterocycles. The smallest absolute Gasteiger partial charge is 0.0931 e. The van der Waals surface area contributed by atoms with Crippen LogP contribution >= 0.6 is 22.9 Å². The van der Waals surface area contributed by atoms with Crippen molar-refractivity contribution < 1.29 is 4.74 Å². The van der Waals surface area contributed by atoms with Crippen LogP contribution in [0.3, 0.4) is 0 Å². The third-order valence-electron chi connectivity index (χ3n) is 2.85. The third kappa shape index (κ3) is 2.53. The van der Waals surface area contributed by atoms with Crippen molar-refractivity contribution in [1.29, 1.82) is 0 Å². The van der Waals surface area contributed by atoms with Gasteiger partial charge in [-0.25, -0.2) is 0 Å². The maximum Gasteiger partial charge on any atom is 0.0931 e. The molecule has 3 atom stereocenters. The van der Waals surface area contributed by atoms with E-state index in [9.17, 15) is 0 Å². The molecule has 4 heteroatoms. The SMILES string of the molecule is CNC(c1ccc(Cl)s1)C1CCC(C)O1. The maximum atomic E-state index is 5.95. The molecule has 1 aromatic rings. The molecular formula is C11H16ClNOS. The molecule has 1 fully saturated rings. The summed E-state index contributed by atoms with van der Waals surface area (Å²) >= 11 is 7.58. The van der Waals surface area contributed by atoms with E-state index in [-0.39, 0.29) is 6.04 Å². The van der Waals surface area contributed by atoms with Crippen LogP contribution in [0.25, 0.3) is 0 Å². The maximum absolute atomic E-state index is 5.95. The average molecular weight is 246 g/mol. The summed E-state index contributed by atoms with van der Waals surface area (Å²) in [6.45, 7) is 2.13. The van der Waals surface area contributed by atoms with E-state index in [1.54, 1.807) is 11.3 Å². The molecule has 1 aliphatic rings. The molecule has 0 radical (unpaired) electrons. The minimum Gasteiger partial charge on any atom is -0.373 e. The Balaban J connectivity index is 2.10. The molecule has 2 heterocycles. The molecular weight excluding hydrogens is 230 g/mol. The molecule has 0 saturated carbocycles. The van der Waals surface area contributed by atoms with Gasteiger partial charge < -0.3 is 10.1 Å². The first-order valence-corrected chi connectivity index (χ1v) is 6.48. The summed E-state index contributed by atoms with van der Waals surface area (Å²) in [5.41, 5.74) is 0. The number of likely N-dealkylation sites (N-methyl/N-ethyl adjacent to an activating group) is 1. The minimum absolute atomic E-state index is 0.285. The number of halogens is 1. The van der Waals surface area contributed by atoms with Gasteiger partial charge in [-0.1, -0.05) is 11.6 Å². The molecule has 1 saturated heterocycles. The summed E-state index contributed by atoms with van der Waals surface area (Å²) in [6.07, 6.45) is 2.96. The Labute approximate surface area is 99.6 Å². The zero-order valence-corrected chi connectivity index (χ0v) is 10.6. The summed E-state index contributed by atoms with van der Waals surface area (Å²) in [7, 11) is 1.98. The van der Waals surface area contributed by atoms with Gasteiger partial charge in [0.25, 0.3) is 0 Å². The predicted octanol–water partition coefficient (Wildman–Crippen LogP) is 3.23. The lowest BCUT2D eigenvalue weighted by atomic mass is 10.1. The summed E-state index contributed by atoms with van der Waals surface area (Å²) in [6, 6.07) is 4.32.